The van der Waals surface area contributed by atoms with Crippen molar-refractivity contribution in [2.75, 3.05) is 0 Å². The van der Waals surface area contributed by atoms with Gasteiger partial charge in [-0.2, -0.15) is 0 Å². The van der Waals surface area contributed by atoms with Gasteiger partial charge in [-0.3, -0.25) is 0 Å². The zero-order valence-corrected chi connectivity index (χ0v) is 19.7. The SMILES string of the molecule is C[Si](C)(C)C1=C[CH]([Zr]([Cl])([Cl])[CH]2c3ccccc3-c3ccccc32)C=C1. The quantitative estimate of drug-likeness (QED) is 0.416. The minimum absolute atomic E-state index is 0.192. The average molecular weight is 465 g/mol. The third-order valence-electron chi connectivity index (χ3n) is 5.37. The summed E-state index contributed by atoms with van der Waals surface area (Å²) >= 11 is -3.56. The van der Waals surface area contributed by atoms with Crippen molar-refractivity contribution in [1.29, 1.82) is 0 Å². The summed E-state index contributed by atoms with van der Waals surface area (Å²) in [5, 5.41) is 1.49. The Bertz CT molecular complexity index is 847. The Morgan fingerprint density at radius 3 is 1.84 bits per heavy atom. The van der Waals surface area contributed by atoms with E-state index in [1.165, 1.54) is 27.5 Å². The second-order valence-electron chi connectivity index (χ2n) is 8.04. The van der Waals surface area contributed by atoms with Gasteiger partial charge >= 0.3 is 164 Å². The Kier molecular flexibility index (Phi) is 4.56. The number of rotatable bonds is 3. The van der Waals surface area contributed by atoms with Gasteiger partial charge in [0, 0.05) is 0 Å². The molecule has 2 aromatic rings. The second-order valence-corrected chi connectivity index (χ2v) is 28.0. The van der Waals surface area contributed by atoms with Gasteiger partial charge in [0.2, 0.25) is 0 Å². The summed E-state index contributed by atoms with van der Waals surface area (Å²) in [7, 11) is 13.3. The number of benzene rings is 2. The van der Waals surface area contributed by atoms with Crippen molar-refractivity contribution in [3.63, 3.8) is 0 Å². The van der Waals surface area contributed by atoms with Crippen LogP contribution in [0.2, 0.25) is 23.3 Å². The molecule has 128 valence electrons. The van der Waals surface area contributed by atoms with Crippen LogP contribution in [0.1, 0.15) is 14.8 Å². The molecule has 0 N–H and O–H groups in total. The van der Waals surface area contributed by atoms with Crippen LogP contribution in [0, 0.1) is 0 Å². The minimum atomic E-state index is -3.56. The summed E-state index contributed by atoms with van der Waals surface area (Å²) in [5.74, 6) is 0. The molecule has 0 aliphatic heterocycles. The van der Waals surface area contributed by atoms with Crippen molar-refractivity contribution in [2.45, 2.75) is 26.9 Å². The van der Waals surface area contributed by atoms with Crippen LogP contribution in [-0.2, 0) is 17.9 Å². The summed E-state index contributed by atoms with van der Waals surface area (Å²) in [5.41, 5.74) is 5.27. The van der Waals surface area contributed by atoms with Crippen LogP contribution < -0.4 is 0 Å². The molecule has 4 heteroatoms. The first-order valence-electron chi connectivity index (χ1n) is 8.76. The molecule has 1 unspecified atom stereocenters. The molecule has 0 amide bonds. The molecule has 1 atom stereocenters. The van der Waals surface area contributed by atoms with E-state index < -0.39 is 26.0 Å². The summed E-state index contributed by atoms with van der Waals surface area (Å²) < 4.78 is 0.431. The first-order chi connectivity index (χ1) is 11.8. The molecular formula is C21H22Cl2SiZr. The van der Waals surface area contributed by atoms with Crippen molar-refractivity contribution in [1.82, 2.24) is 0 Å². The normalized spacial score (nSPS) is 19.7. The molecule has 2 aliphatic rings. The van der Waals surface area contributed by atoms with E-state index in [0.717, 1.165) is 0 Å². The molecule has 2 aromatic carbocycles. The fourth-order valence-electron chi connectivity index (χ4n) is 4.01. The molecule has 25 heavy (non-hydrogen) atoms. The summed E-state index contributed by atoms with van der Waals surface area (Å²) in [4.78, 5) is 0. The maximum atomic E-state index is 7.31. The number of hydrogen-bond donors (Lipinski definition) is 0. The van der Waals surface area contributed by atoms with Crippen LogP contribution in [-0.4, -0.2) is 8.07 Å². The van der Waals surface area contributed by atoms with Crippen LogP contribution >= 0.6 is 17.0 Å². The third kappa shape index (κ3) is 3.00. The van der Waals surface area contributed by atoms with Gasteiger partial charge in [0.05, 0.1) is 0 Å². The summed E-state index contributed by atoms with van der Waals surface area (Å²) in [6, 6.07) is 17.3. The van der Waals surface area contributed by atoms with Gasteiger partial charge in [0.25, 0.3) is 0 Å². The van der Waals surface area contributed by atoms with Gasteiger partial charge in [-0.15, -0.1) is 0 Å². The first-order valence-corrected chi connectivity index (χ1v) is 21.4. The van der Waals surface area contributed by atoms with Crippen LogP contribution in [0.4, 0.5) is 0 Å². The van der Waals surface area contributed by atoms with E-state index in [9.17, 15) is 0 Å². The summed E-state index contributed by atoms with van der Waals surface area (Å²) in [6.45, 7) is 7.14. The molecule has 0 nitrogen and oxygen atoms in total. The number of fused-ring (bicyclic) bond motifs is 3. The molecule has 4 rings (SSSR count). The number of allylic oxidation sites excluding steroid dienone is 4. The monoisotopic (exact) mass is 462 g/mol. The topological polar surface area (TPSA) is 0 Å². The van der Waals surface area contributed by atoms with Crippen molar-refractivity contribution < 1.29 is 17.9 Å². The van der Waals surface area contributed by atoms with E-state index in [2.05, 4.69) is 86.4 Å². The van der Waals surface area contributed by atoms with Gasteiger partial charge in [0.1, 0.15) is 0 Å². The Morgan fingerprint density at radius 1 is 0.840 bits per heavy atom. The Morgan fingerprint density at radius 2 is 1.36 bits per heavy atom. The van der Waals surface area contributed by atoms with Crippen LogP contribution in [0.3, 0.4) is 0 Å². The molecular weight excluding hydrogens is 442 g/mol. The fourth-order valence-corrected chi connectivity index (χ4v) is 16.2. The second kappa shape index (κ2) is 6.34. The van der Waals surface area contributed by atoms with E-state index in [1.54, 1.807) is 0 Å². The molecule has 0 saturated carbocycles. The average Bonchev–Trinajstić information content (AvgIpc) is 3.18. The molecule has 0 spiro atoms. The molecule has 2 aliphatic carbocycles. The molecule has 0 radical (unpaired) electrons. The van der Waals surface area contributed by atoms with E-state index >= 15 is 0 Å². The summed E-state index contributed by atoms with van der Waals surface area (Å²) in [6.07, 6.45) is 6.97. The van der Waals surface area contributed by atoms with Gasteiger partial charge in [-0.05, 0) is 0 Å². The van der Waals surface area contributed by atoms with Crippen molar-refractivity contribution >= 4 is 25.1 Å². The zero-order valence-electron chi connectivity index (χ0n) is 14.8. The number of halogens is 2. The van der Waals surface area contributed by atoms with Crippen LogP contribution in [0.25, 0.3) is 11.1 Å². The third-order valence-corrected chi connectivity index (χ3v) is 19.5. The van der Waals surface area contributed by atoms with E-state index in [1.807, 2.05) is 0 Å². The van der Waals surface area contributed by atoms with E-state index in [4.69, 9.17) is 17.0 Å². The van der Waals surface area contributed by atoms with Gasteiger partial charge in [0.15, 0.2) is 0 Å². The fraction of sp³-hybridized carbons (Fsp3) is 0.238. The van der Waals surface area contributed by atoms with Crippen molar-refractivity contribution in [2.24, 2.45) is 0 Å². The molecule has 0 bridgehead atoms. The van der Waals surface area contributed by atoms with Crippen LogP contribution in [0.15, 0.2) is 72.0 Å². The van der Waals surface area contributed by atoms with Gasteiger partial charge in [-0.25, -0.2) is 0 Å². The zero-order chi connectivity index (χ0) is 17.8. The van der Waals surface area contributed by atoms with Crippen LogP contribution in [0.5, 0.6) is 0 Å². The molecule has 0 saturated heterocycles. The predicted molar refractivity (Wildman–Crippen MR) is 110 cm³/mol. The predicted octanol–water partition coefficient (Wildman–Crippen LogP) is 7.38. The number of hydrogen-bond acceptors (Lipinski definition) is 0. The molecule has 0 heterocycles. The maximum absolute atomic E-state index is 7.31. The Hall–Kier alpha value is -0.400. The van der Waals surface area contributed by atoms with E-state index in [0.29, 0.717) is 0 Å². The Labute approximate surface area is 163 Å². The molecule has 0 fully saturated rings. The van der Waals surface area contributed by atoms with E-state index in [-0.39, 0.29) is 7.25 Å². The van der Waals surface area contributed by atoms with Gasteiger partial charge < -0.3 is 0 Å². The van der Waals surface area contributed by atoms with Crippen molar-refractivity contribution in [3.8, 4) is 11.1 Å². The Balaban J connectivity index is 1.82. The van der Waals surface area contributed by atoms with Gasteiger partial charge in [-0.1, -0.05) is 0 Å². The molecule has 0 aromatic heterocycles. The van der Waals surface area contributed by atoms with Crippen molar-refractivity contribution in [3.05, 3.63) is 83.1 Å². The standard InChI is InChI=1S/C13H9.C8H13Si.2ClH.Zr/c1-3-7-12-10(5-1)9-11-6-2-4-8-13(11)12;1-9(2,3)8-6-4-5-7-8;;;/h1-9H;4-7H,1-3H3;2*1H;/q;;;;+2/p-2. The first kappa shape index (κ1) is 18.0.